The van der Waals surface area contributed by atoms with Crippen molar-refractivity contribution in [3.63, 3.8) is 0 Å². The zero-order valence-electron chi connectivity index (χ0n) is 19.1. The molecule has 4 nitrogen and oxygen atoms in total. The summed E-state index contributed by atoms with van der Waals surface area (Å²) in [6.45, 7) is 0. The van der Waals surface area contributed by atoms with Crippen molar-refractivity contribution in [2.75, 3.05) is 0 Å². The van der Waals surface area contributed by atoms with Crippen molar-refractivity contribution in [2.24, 2.45) is 0 Å². The van der Waals surface area contributed by atoms with Gasteiger partial charge >= 0.3 is 11.9 Å². The molecule has 0 bridgehead atoms. The van der Waals surface area contributed by atoms with E-state index in [9.17, 15) is 9.59 Å². The van der Waals surface area contributed by atoms with E-state index in [2.05, 4.69) is 59.0 Å². The van der Waals surface area contributed by atoms with Crippen molar-refractivity contribution in [3.8, 4) is 0 Å². The van der Waals surface area contributed by atoms with Crippen molar-refractivity contribution in [3.05, 3.63) is 140 Å². The molecule has 176 valence electrons. The minimum atomic E-state index is -0.605. The third-order valence-corrected chi connectivity index (χ3v) is 8.96. The average molecular weight is 584 g/mol. The fraction of sp³-hybridized carbons (Fsp3) is 0.161. The largest absolute Gasteiger partial charge is 0.454 e. The number of hydrogen-bond acceptors (Lipinski definition) is 4. The van der Waals surface area contributed by atoms with Crippen molar-refractivity contribution < 1.29 is 19.1 Å². The Bertz CT molecular complexity index is 1520. The molecule has 0 amide bonds. The summed E-state index contributed by atoms with van der Waals surface area (Å²) in [5.74, 6) is -0.963. The van der Waals surface area contributed by atoms with Crippen LogP contribution < -0.4 is 0 Å². The predicted molar refractivity (Wildman–Crippen MR) is 143 cm³/mol. The fourth-order valence-electron chi connectivity index (χ4n) is 6.73. The van der Waals surface area contributed by atoms with E-state index < -0.39 is 24.1 Å². The van der Waals surface area contributed by atoms with Gasteiger partial charge in [-0.3, -0.25) is 0 Å². The molecule has 36 heavy (non-hydrogen) atoms. The van der Waals surface area contributed by atoms with Crippen LogP contribution in [0.2, 0.25) is 0 Å². The molecule has 3 aliphatic rings. The van der Waals surface area contributed by atoms with Gasteiger partial charge in [0.05, 0.1) is 11.1 Å². The summed E-state index contributed by atoms with van der Waals surface area (Å²) in [4.78, 5) is 26.6. The molecule has 5 heteroatoms. The Balaban J connectivity index is 1.36. The molecule has 1 fully saturated rings. The highest BCUT2D eigenvalue weighted by Gasteiger charge is 2.76. The second-order valence-electron chi connectivity index (χ2n) is 9.58. The Morgan fingerprint density at radius 2 is 1.14 bits per heavy atom. The third kappa shape index (κ3) is 2.80. The van der Waals surface area contributed by atoms with Gasteiger partial charge in [0.25, 0.3) is 0 Å². The van der Waals surface area contributed by atoms with Crippen LogP contribution in [0.4, 0.5) is 0 Å². The molecule has 0 radical (unpaired) electrons. The lowest BCUT2D eigenvalue weighted by Crippen LogP contribution is -2.54. The average Bonchev–Trinajstić information content (AvgIpc) is 3.08. The molecule has 5 atom stereocenters. The Morgan fingerprint density at radius 3 is 1.78 bits per heavy atom. The number of halogens is 1. The van der Waals surface area contributed by atoms with Gasteiger partial charge in [-0.1, -0.05) is 72.8 Å². The number of fused-ring (bicyclic) bond motifs is 4. The van der Waals surface area contributed by atoms with Crippen LogP contribution in [0.25, 0.3) is 0 Å². The Kier molecular flexibility index (Phi) is 4.86. The van der Waals surface area contributed by atoms with Gasteiger partial charge in [-0.15, -0.1) is 0 Å². The SMILES string of the molecule is O=C(OC1C(OC(=O)c2ccccc2)[C@H]2c3c(I)cccc3[C@@]23c2ccccc2C13)c1ccccc1. The van der Waals surface area contributed by atoms with Crippen molar-refractivity contribution in [2.45, 2.75) is 29.5 Å². The van der Waals surface area contributed by atoms with Gasteiger partial charge in [-0.25, -0.2) is 9.59 Å². The number of hydrogen-bond donors (Lipinski definition) is 0. The molecule has 0 aliphatic heterocycles. The minimum absolute atomic E-state index is 0.0781. The van der Waals surface area contributed by atoms with E-state index in [0.29, 0.717) is 11.1 Å². The zero-order chi connectivity index (χ0) is 24.4. The van der Waals surface area contributed by atoms with Crippen LogP contribution in [-0.2, 0) is 14.9 Å². The highest BCUT2D eigenvalue weighted by Crippen LogP contribution is 2.77. The van der Waals surface area contributed by atoms with Gasteiger partial charge in [-0.05, 0) is 75.2 Å². The molecule has 0 N–H and O–H groups in total. The molecular weight excluding hydrogens is 563 g/mol. The second-order valence-corrected chi connectivity index (χ2v) is 10.7. The van der Waals surface area contributed by atoms with Gasteiger partial charge in [0.1, 0.15) is 12.2 Å². The number of carbonyl (C=O) groups is 2. The van der Waals surface area contributed by atoms with Crippen LogP contribution in [0.5, 0.6) is 0 Å². The lowest BCUT2D eigenvalue weighted by atomic mass is 9.44. The first-order valence-corrected chi connectivity index (χ1v) is 13.1. The first-order chi connectivity index (χ1) is 17.6. The van der Waals surface area contributed by atoms with Crippen LogP contribution >= 0.6 is 22.6 Å². The molecule has 7 rings (SSSR count). The first kappa shape index (κ1) is 21.8. The molecule has 1 saturated carbocycles. The topological polar surface area (TPSA) is 52.6 Å². The first-order valence-electron chi connectivity index (χ1n) is 12.0. The van der Waals surface area contributed by atoms with Crippen LogP contribution in [0.15, 0.2) is 103 Å². The molecule has 1 spiro atoms. The zero-order valence-corrected chi connectivity index (χ0v) is 21.3. The van der Waals surface area contributed by atoms with E-state index in [1.807, 2.05) is 42.5 Å². The molecule has 0 saturated heterocycles. The van der Waals surface area contributed by atoms with Crippen molar-refractivity contribution >= 4 is 34.5 Å². The lowest BCUT2D eigenvalue weighted by molar-refractivity contribution is -0.0318. The number of ether oxygens (including phenoxy) is 2. The van der Waals surface area contributed by atoms with Crippen LogP contribution in [-0.4, -0.2) is 24.1 Å². The molecule has 0 heterocycles. The summed E-state index contributed by atoms with van der Waals surface area (Å²) in [6.07, 6.45) is -1.21. The standard InChI is InChI=1S/C31H21IO4/c32-23-17-9-16-22-24(23)26-28(36-30(34)19-12-5-2-6-13-19)27(35-29(33)18-10-3-1-4-11-18)25-20-14-7-8-15-21(20)31(22,25)26/h1-17,25-28H/t25?,26-,27?,28?,31-/m1/s1. The molecule has 4 aromatic rings. The molecule has 3 aliphatic carbocycles. The quantitative estimate of drug-likeness (QED) is 0.211. The van der Waals surface area contributed by atoms with E-state index in [1.54, 1.807) is 24.3 Å². The van der Waals surface area contributed by atoms with E-state index in [-0.39, 0.29) is 17.3 Å². The van der Waals surface area contributed by atoms with Crippen molar-refractivity contribution in [1.29, 1.82) is 0 Å². The van der Waals surface area contributed by atoms with Gasteiger partial charge < -0.3 is 9.47 Å². The van der Waals surface area contributed by atoms with Gasteiger partial charge in [0.15, 0.2) is 0 Å². The number of carbonyl (C=O) groups excluding carboxylic acids is 2. The van der Waals surface area contributed by atoms with Crippen LogP contribution in [0.3, 0.4) is 0 Å². The Morgan fingerprint density at radius 1 is 0.611 bits per heavy atom. The maximum absolute atomic E-state index is 13.3. The maximum Gasteiger partial charge on any atom is 0.338 e. The lowest BCUT2D eigenvalue weighted by Gasteiger charge is -2.58. The predicted octanol–water partition coefficient (Wildman–Crippen LogP) is 6.24. The van der Waals surface area contributed by atoms with E-state index in [0.717, 1.165) is 9.13 Å². The summed E-state index contributed by atoms with van der Waals surface area (Å²) >= 11 is 2.36. The van der Waals surface area contributed by atoms with Crippen LogP contribution in [0, 0.1) is 3.57 Å². The minimum Gasteiger partial charge on any atom is -0.454 e. The third-order valence-electron chi connectivity index (χ3n) is 8.02. The number of benzene rings is 4. The summed E-state index contributed by atoms with van der Waals surface area (Å²) in [7, 11) is 0. The monoisotopic (exact) mass is 584 g/mol. The number of esters is 2. The van der Waals surface area contributed by atoms with E-state index in [4.69, 9.17) is 9.47 Å². The molecule has 4 aromatic carbocycles. The Labute approximate surface area is 222 Å². The maximum atomic E-state index is 13.3. The smallest absolute Gasteiger partial charge is 0.338 e. The summed E-state index contributed by atoms with van der Waals surface area (Å²) < 4.78 is 13.7. The molecule has 0 aromatic heterocycles. The van der Waals surface area contributed by atoms with Gasteiger partial charge in [-0.2, -0.15) is 0 Å². The second kappa shape index (κ2) is 8.03. The Hall–Kier alpha value is -3.45. The van der Waals surface area contributed by atoms with Gasteiger partial charge in [0.2, 0.25) is 0 Å². The summed E-state index contributed by atoms with van der Waals surface area (Å²) in [6, 6.07) is 32.7. The van der Waals surface area contributed by atoms with Crippen molar-refractivity contribution in [1.82, 2.24) is 0 Å². The highest BCUT2D eigenvalue weighted by atomic mass is 127. The summed E-state index contributed by atoms with van der Waals surface area (Å²) in [5, 5.41) is 0. The van der Waals surface area contributed by atoms with E-state index in [1.165, 1.54) is 16.7 Å². The normalized spacial score (nSPS) is 26.2. The molecule has 3 unspecified atom stereocenters. The van der Waals surface area contributed by atoms with E-state index >= 15 is 0 Å². The highest BCUT2D eigenvalue weighted by molar-refractivity contribution is 14.1. The number of rotatable bonds is 4. The molecular formula is C31H21IO4. The van der Waals surface area contributed by atoms with Gasteiger partial charge in [0, 0.05) is 20.8 Å². The fourth-order valence-corrected chi connectivity index (χ4v) is 7.56. The summed E-state index contributed by atoms with van der Waals surface area (Å²) in [5.41, 5.74) is 5.50. The van der Waals surface area contributed by atoms with Crippen LogP contribution in [0.1, 0.15) is 54.8 Å².